The van der Waals surface area contributed by atoms with Crippen molar-refractivity contribution in [3.05, 3.63) is 70.9 Å². The minimum atomic E-state index is -4.89. The first-order valence-corrected chi connectivity index (χ1v) is 8.74. The maximum absolute atomic E-state index is 13.7. The van der Waals surface area contributed by atoms with Crippen LogP contribution >= 0.6 is 0 Å². The molecule has 8 heteroatoms. The number of halogens is 6. The van der Waals surface area contributed by atoms with Gasteiger partial charge >= 0.3 is 12.4 Å². The number of fused-ring (bicyclic) bond motifs is 3. The van der Waals surface area contributed by atoms with E-state index in [1.807, 2.05) is 16.7 Å². The molecule has 0 spiro atoms. The zero-order valence-electron chi connectivity index (χ0n) is 14.5. The van der Waals surface area contributed by atoms with Gasteiger partial charge in [0.25, 0.3) is 0 Å². The number of hydrogen-bond acceptors (Lipinski definition) is 1. The molecule has 2 aromatic carbocycles. The molecule has 1 atom stereocenters. The van der Waals surface area contributed by atoms with Gasteiger partial charge in [-0.2, -0.15) is 26.3 Å². The van der Waals surface area contributed by atoms with Gasteiger partial charge in [-0.25, -0.2) is 0 Å². The van der Waals surface area contributed by atoms with E-state index in [9.17, 15) is 26.3 Å². The lowest BCUT2D eigenvalue weighted by molar-refractivity contribution is -0.144. The molecule has 0 bridgehead atoms. The minimum absolute atomic E-state index is 0.00745. The number of benzene rings is 2. The van der Waals surface area contributed by atoms with Crippen molar-refractivity contribution in [3.8, 4) is 0 Å². The summed E-state index contributed by atoms with van der Waals surface area (Å²) in [5, 5.41) is 3.79. The summed E-state index contributed by atoms with van der Waals surface area (Å²) in [4.78, 5) is 0. The smallest absolute Gasteiger partial charge is 0.343 e. The van der Waals surface area contributed by atoms with Crippen molar-refractivity contribution < 1.29 is 26.3 Å². The average molecular weight is 398 g/mol. The molecule has 0 amide bonds. The molecule has 1 aromatic heterocycles. The van der Waals surface area contributed by atoms with Gasteiger partial charge in [-0.3, -0.25) is 0 Å². The summed E-state index contributed by atoms with van der Waals surface area (Å²) in [7, 11) is 0. The highest BCUT2D eigenvalue weighted by atomic mass is 19.4. The summed E-state index contributed by atoms with van der Waals surface area (Å²) in [6.07, 6.45) is -9.78. The molecule has 2 nitrogen and oxygen atoms in total. The first-order valence-electron chi connectivity index (χ1n) is 8.74. The van der Waals surface area contributed by atoms with Crippen molar-refractivity contribution in [2.75, 3.05) is 13.1 Å². The van der Waals surface area contributed by atoms with Gasteiger partial charge in [-0.1, -0.05) is 24.3 Å². The van der Waals surface area contributed by atoms with Gasteiger partial charge in [-0.15, -0.1) is 0 Å². The molecule has 2 heterocycles. The van der Waals surface area contributed by atoms with Crippen LogP contribution in [0.3, 0.4) is 0 Å². The second kappa shape index (κ2) is 6.55. The summed E-state index contributed by atoms with van der Waals surface area (Å²) < 4.78 is 83.8. The van der Waals surface area contributed by atoms with Gasteiger partial charge < -0.3 is 9.88 Å². The maximum atomic E-state index is 13.7. The molecule has 1 aliphatic rings. The Morgan fingerprint density at radius 3 is 2.14 bits per heavy atom. The normalized spacial score (nSPS) is 18.1. The highest BCUT2D eigenvalue weighted by Crippen LogP contribution is 2.45. The van der Waals surface area contributed by atoms with Crippen LogP contribution in [-0.2, 0) is 18.9 Å². The van der Waals surface area contributed by atoms with E-state index in [0.29, 0.717) is 18.8 Å². The number of nitrogens with one attached hydrogen (secondary N) is 1. The second-order valence-electron chi connectivity index (χ2n) is 6.80. The van der Waals surface area contributed by atoms with Crippen LogP contribution < -0.4 is 5.32 Å². The maximum Gasteiger partial charge on any atom is 0.416 e. The van der Waals surface area contributed by atoms with E-state index >= 15 is 0 Å². The van der Waals surface area contributed by atoms with Crippen molar-refractivity contribution in [1.29, 1.82) is 0 Å². The van der Waals surface area contributed by atoms with Crippen molar-refractivity contribution in [2.45, 2.75) is 24.8 Å². The average Bonchev–Trinajstić information content (AvgIpc) is 2.85. The number of aromatic nitrogens is 1. The lowest BCUT2D eigenvalue weighted by Gasteiger charge is -2.25. The molecule has 4 rings (SSSR count). The molecule has 1 aliphatic heterocycles. The Balaban J connectivity index is 2.02. The topological polar surface area (TPSA) is 17.0 Å². The fourth-order valence-corrected chi connectivity index (χ4v) is 4.00. The Kier molecular flexibility index (Phi) is 4.41. The molecule has 1 unspecified atom stereocenters. The van der Waals surface area contributed by atoms with Crippen LogP contribution in [0.4, 0.5) is 26.3 Å². The minimum Gasteiger partial charge on any atom is -0.343 e. The lowest BCUT2D eigenvalue weighted by atomic mass is 9.86. The predicted octanol–water partition coefficient (Wildman–Crippen LogP) is 5.41. The molecule has 0 aliphatic carbocycles. The zero-order chi connectivity index (χ0) is 20.1. The largest absolute Gasteiger partial charge is 0.416 e. The highest BCUT2D eigenvalue weighted by molar-refractivity contribution is 5.82. The summed E-state index contributed by atoms with van der Waals surface area (Å²) in [5.41, 5.74) is -1.96. The van der Waals surface area contributed by atoms with Crippen LogP contribution in [0, 0.1) is 0 Å². The molecule has 0 fully saturated rings. The van der Waals surface area contributed by atoms with Crippen LogP contribution in [0.15, 0.2) is 48.5 Å². The second-order valence-corrected chi connectivity index (χ2v) is 6.80. The summed E-state index contributed by atoms with van der Waals surface area (Å²) >= 11 is 0. The molecule has 148 valence electrons. The van der Waals surface area contributed by atoms with Crippen molar-refractivity contribution in [3.63, 3.8) is 0 Å². The summed E-state index contributed by atoms with van der Waals surface area (Å²) in [5.74, 6) is -1.08. The van der Waals surface area contributed by atoms with E-state index in [1.54, 1.807) is 18.2 Å². The van der Waals surface area contributed by atoms with Crippen LogP contribution in [0.25, 0.3) is 10.9 Å². The third kappa shape index (κ3) is 3.15. The number of hydrogen-bond donors (Lipinski definition) is 1. The van der Waals surface area contributed by atoms with Crippen molar-refractivity contribution in [2.24, 2.45) is 0 Å². The molecule has 28 heavy (non-hydrogen) atoms. The Bertz CT molecular complexity index is 983. The quantitative estimate of drug-likeness (QED) is 0.542. The Labute approximate surface area is 156 Å². The van der Waals surface area contributed by atoms with Gasteiger partial charge in [-0.05, 0) is 35.2 Å². The molecule has 0 saturated carbocycles. The molecular formula is C20H16F6N2. The number of para-hydroxylation sites is 1. The van der Waals surface area contributed by atoms with Crippen LogP contribution in [0.2, 0.25) is 0 Å². The number of rotatable bonds is 1. The Morgan fingerprint density at radius 2 is 1.50 bits per heavy atom. The third-order valence-electron chi connectivity index (χ3n) is 5.13. The molecule has 0 radical (unpaired) electrons. The van der Waals surface area contributed by atoms with Gasteiger partial charge in [0.2, 0.25) is 0 Å². The van der Waals surface area contributed by atoms with Gasteiger partial charge in [0.05, 0.1) is 11.1 Å². The highest BCUT2D eigenvalue weighted by Gasteiger charge is 2.43. The van der Waals surface area contributed by atoms with E-state index in [4.69, 9.17) is 0 Å². The Morgan fingerprint density at radius 1 is 0.857 bits per heavy atom. The van der Waals surface area contributed by atoms with Crippen molar-refractivity contribution in [1.82, 2.24) is 9.88 Å². The van der Waals surface area contributed by atoms with Crippen molar-refractivity contribution >= 4 is 10.9 Å². The fraction of sp³-hybridized carbons (Fsp3) is 0.300. The van der Waals surface area contributed by atoms with E-state index < -0.39 is 35.0 Å². The van der Waals surface area contributed by atoms with Crippen LogP contribution in [0.1, 0.15) is 28.3 Å². The first-order chi connectivity index (χ1) is 13.2. The summed E-state index contributed by atoms with van der Waals surface area (Å²) in [6, 6.07) is 11.2. The lowest BCUT2D eigenvalue weighted by Crippen LogP contribution is -2.26. The zero-order valence-corrected chi connectivity index (χ0v) is 14.5. The van der Waals surface area contributed by atoms with Gasteiger partial charge in [0, 0.05) is 36.8 Å². The molecule has 0 saturated heterocycles. The van der Waals surface area contributed by atoms with E-state index in [1.165, 1.54) is 0 Å². The third-order valence-corrected chi connectivity index (χ3v) is 5.13. The SMILES string of the molecule is FC(F)(F)c1cccc(C(F)(F)F)c1C1CNCCn2c1cc1ccccc12. The van der Waals surface area contributed by atoms with Gasteiger partial charge in [0.1, 0.15) is 0 Å². The standard InChI is InChI=1S/C20H16F6N2/c21-19(22,23)14-5-3-6-15(20(24,25)26)18(14)13-11-27-8-9-28-16-7-2-1-4-12(16)10-17(13)28/h1-7,10,13,27H,8-9,11H2. The summed E-state index contributed by atoms with van der Waals surface area (Å²) in [6.45, 7) is 0.916. The van der Waals surface area contributed by atoms with E-state index in [0.717, 1.165) is 29.1 Å². The molecule has 1 N–H and O–H groups in total. The predicted molar refractivity (Wildman–Crippen MR) is 93.1 cm³/mol. The first kappa shape index (κ1) is 18.9. The van der Waals surface area contributed by atoms with E-state index in [-0.39, 0.29) is 6.54 Å². The van der Waals surface area contributed by atoms with Crippen LogP contribution in [-0.4, -0.2) is 17.7 Å². The van der Waals surface area contributed by atoms with E-state index in [2.05, 4.69) is 5.32 Å². The monoisotopic (exact) mass is 398 g/mol. The van der Waals surface area contributed by atoms with Gasteiger partial charge in [0.15, 0.2) is 0 Å². The number of nitrogens with zero attached hydrogens (tertiary/aromatic N) is 1. The Hall–Kier alpha value is -2.48. The number of alkyl halides is 6. The fourth-order valence-electron chi connectivity index (χ4n) is 4.00. The van der Waals surface area contributed by atoms with Crippen LogP contribution in [0.5, 0.6) is 0 Å². The molecule has 3 aromatic rings. The molecular weight excluding hydrogens is 382 g/mol.